The number of aromatic nitrogens is 4. The van der Waals surface area contributed by atoms with Crippen LogP contribution in [0.5, 0.6) is 11.8 Å². The molecule has 0 spiro atoms. The molecule has 0 aliphatic carbocycles. The van der Waals surface area contributed by atoms with Crippen molar-refractivity contribution >= 4 is 43.8 Å². The van der Waals surface area contributed by atoms with Gasteiger partial charge in [-0.25, -0.2) is 9.36 Å². The number of fused-ring (bicyclic) bond motifs is 2. The Morgan fingerprint density at radius 2 is 0.717 bits per heavy atom. The molecule has 8 aromatic rings. The fourth-order valence-corrected chi connectivity index (χ4v) is 8.93. The van der Waals surface area contributed by atoms with Crippen molar-refractivity contribution in [3.63, 3.8) is 0 Å². The highest BCUT2D eigenvalue weighted by molar-refractivity contribution is 9.10. The lowest BCUT2D eigenvalue weighted by Gasteiger charge is -2.31. The Bertz CT molecular complexity index is 2600. The monoisotopic (exact) mass is 916 g/mol. The van der Waals surface area contributed by atoms with Gasteiger partial charge in [0.25, 0.3) is 0 Å². The van der Waals surface area contributed by atoms with Gasteiger partial charge in [0.15, 0.2) is 0 Å². The van der Waals surface area contributed by atoms with Gasteiger partial charge in [-0.15, -0.1) is 0 Å². The van der Waals surface area contributed by atoms with Gasteiger partial charge in [-0.1, -0.05) is 153 Å². The van der Waals surface area contributed by atoms with Gasteiger partial charge >= 0.3 is 11.9 Å². The number of halogens is 2. The van der Waals surface area contributed by atoms with E-state index >= 15 is 0 Å². The summed E-state index contributed by atoms with van der Waals surface area (Å²) < 4.78 is 17.3. The van der Waals surface area contributed by atoms with E-state index in [1.165, 1.54) is 0 Å². The Morgan fingerprint density at radius 3 is 1.05 bits per heavy atom. The quantitative estimate of drug-likeness (QED) is 0.154. The van der Waals surface area contributed by atoms with Crippen LogP contribution in [0.15, 0.2) is 179 Å². The largest absolute Gasteiger partial charge is 0.407 e. The van der Waals surface area contributed by atoms with Crippen molar-refractivity contribution in [3.05, 3.63) is 224 Å². The van der Waals surface area contributed by atoms with Crippen molar-refractivity contribution < 1.29 is 19.1 Å². The highest BCUT2D eigenvalue weighted by atomic mass is 79.9. The molecule has 2 aromatic heterocycles. The summed E-state index contributed by atoms with van der Waals surface area (Å²) in [5, 5.41) is 9.50. The number of rotatable bonds is 6. The van der Waals surface area contributed by atoms with Crippen LogP contribution in [-0.4, -0.2) is 31.5 Å². The molecule has 0 radical (unpaired) electrons. The Balaban J connectivity index is 0.000000154. The van der Waals surface area contributed by atoms with E-state index in [-0.39, 0.29) is 23.8 Å². The predicted molar refractivity (Wildman–Crippen MR) is 238 cm³/mol. The van der Waals surface area contributed by atoms with Crippen LogP contribution in [0.1, 0.15) is 68.4 Å². The van der Waals surface area contributed by atoms with Crippen LogP contribution in [0, 0.1) is 13.8 Å². The third-order valence-corrected chi connectivity index (χ3v) is 12.2. The minimum absolute atomic E-state index is 0.186. The third-order valence-electron chi connectivity index (χ3n) is 11.1. The average Bonchev–Trinajstić information content (AvgIpc) is 3.79. The lowest BCUT2D eigenvalue weighted by Crippen LogP contribution is -2.31. The minimum atomic E-state index is -0.438. The van der Waals surface area contributed by atoms with Gasteiger partial charge in [0.05, 0.1) is 34.6 Å². The molecule has 4 heterocycles. The fraction of sp³-hybridized carbons (Fsp3) is 0.120. The van der Waals surface area contributed by atoms with E-state index < -0.39 is 11.8 Å². The molecule has 0 saturated carbocycles. The van der Waals surface area contributed by atoms with Crippen LogP contribution >= 0.6 is 31.9 Å². The Kier molecular flexibility index (Phi) is 10.9. The molecule has 0 fully saturated rings. The molecule has 10 heteroatoms. The third kappa shape index (κ3) is 7.41. The highest BCUT2D eigenvalue weighted by Gasteiger charge is 2.45. The van der Waals surface area contributed by atoms with Gasteiger partial charge in [-0.05, 0) is 84.6 Å². The van der Waals surface area contributed by atoms with E-state index in [1.807, 2.05) is 159 Å². The number of carbonyl (C=O) groups excluding carboxylic acids is 2. The van der Waals surface area contributed by atoms with Gasteiger partial charge in [0.1, 0.15) is 0 Å². The number of hydrogen-bond acceptors (Lipinski definition) is 6. The van der Waals surface area contributed by atoms with Crippen LogP contribution < -0.4 is 9.47 Å². The second kappa shape index (κ2) is 16.7. The Hall–Kier alpha value is -6.36. The van der Waals surface area contributed by atoms with Crippen molar-refractivity contribution in [1.29, 1.82) is 0 Å². The van der Waals surface area contributed by atoms with E-state index in [4.69, 9.17) is 19.7 Å². The van der Waals surface area contributed by atoms with E-state index in [0.717, 1.165) is 65.1 Å². The Morgan fingerprint density at radius 1 is 0.417 bits per heavy atom. The lowest BCUT2D eigenvalue weighted by atomic mass is 9.76. The number of para-hydroxylation sites is 2. The van der Waals surface area contributed by atoms with Crippen molar-refractivity contribution in [2.75, 3.05) is 0 Å². The van der Waals surface area contributed by atoms with Crippen LogP contribution in [0.4, 0.5) is 0 Å². The molecule has 0 saturated heterocycles. The van der Waals surface area contributed by atoms with E-state index in [9.17, 15) is 9.59 Å². The second-order valence-electron chi connectivity index (χ2n) is 14.8. The van der Waals surface area contributed by atoms with Crippen molar-refractivity contribution in [2.24, 2.45) is 0 Å². The number of carbonyl (C=O) groups is 2. The zero-order chi connectivity index (χ0) is 41.3. The molecule has 60 heavy (non-hydrogen) atoms. The SMILES string of the molecule is Cc1nn(-c2ccccc2)c2c1[C@@H](c1ccc(Br)cc1)[C@H](c1ccccc1)C(=O)O2.Cc1nn(-c2ccccc2)c2c1[C@@H](c1ccc(Br)cc1)[C@H](c1ccccc1)C(=O)O2. The van der Waals surface area contributed by atoms with Gasteiger partial charge in [0.2, 0.25) is 11.8 Å². The normalized spacial score (nSPS) is 18.0. The summed E-state index contributed by atoms with van der Waals surface area (Å²) in [5.74, 6) is -0.771. The fourth-order valence-electron chi connectivity index (χ4n) is 8.40. The molecule has 4 atom stereocenters. The summed E-state index contributed by atoms with van der Waals surface area (Å²) in [6.45, 7) is 3.96. The smallest absolute Gasteiger partial charge is 0.321 e. The maximum Gasteiger partial charge on any atom is 0.321 e. The molecule has 2 aliphatic rings. The molecule has 0 unspecified atom stereocenters. The number of ether oxygens (including phenoxy) is 2. The Labute approximate surface area is 364 Å². The summed E-state index contributed by atoms with van der Waals surface area (Å²) in [6, 6.07) is 55.5. The first kappa shape index (κ1) is 39.1. The van der Waals surface area contributed by atoms with Crippen LogP contribution in [0.25, 0.3) is 11.4 Å². The molecule has 0 bridgehead atoms. The van der Waals surface area contributed by atoms with Crippen molar-refractivity contribution in [2.45, 2.75) is 37.5 Å². The zero-order valence-electron chi connectivity index (χ0n) is 32.7. The van der Waals surface area contributed by atoms with E-state index in [1.54, 1.807) is 9.36 Å². The van der Waals surface area contributed by atoms with E-state index in [0.29, 0.717) is 11.8 Å². The number of hydrogen-bond donors (Lipinski definition) is 0. The molecule has 8 nitrogen and oxygen atoms in total. The average molecular weight is 919 g/mol. The molecule has 10 rings (SSSR count). The first-order valence-electron chi connectivity index (χ1n) is 19.6. The standard InChI is InChI=1S/2C25H19BrN2O2/c2*1-16-21-22(18-12-14-19(26)15-13-18)23(17-8-4-2-5-9-17)25(29)30-24(21)28(27-16)20-10-6-3-7-11-20/h2*2-15,22-23H,1H3/t2*22-,23+/m11/s1. The number of esters is 2. The predicted octanol–water partition coefficient (Wildman–Crippen LogP) is 11.6. The minimum Gasteiger partial charge on any atom is -0.407 e. The highest BCUT2D eigenvalue weighted by Crippen LogP contribution is 2.50. The summed E-state index contributed by atoms with van der Waals surface area (Å²) >= 11 is 7.03. The van der Waals surface area contributed by atoms with Gasteiger partial charge < -0.3 is 9.47 Å². The van der Waals surface area contributed by atoms with Crippen LogP contribution in [0.3, 0.4) is 0 Å². The topological polar surface area (TPSA) is 88.2 Å². The number of benzene rings is 6. The summed E-state index contributed by atoms with van der Waals surface area (Å²) in [7, 11) is 0. The van der Waals surface area contributed by atoms with Gasteiger partial charge in [-0.3, -0.25) is 9.59 Å². The summed E-state index contributed by atoms with van der Waals surface area (Å²) in [4.78, 5) is 26.7. The van der Waals surface area contributed by atoms with Crippen LogP contribution in [-0.2, 0) is 9.59 Å². The van der Waals surface area contributed by atoms with Gasteiger partial charge in [-0.2, -0.15) is 10.2 Å². The molecule has 0 amide bonds. The molecule has 0 N–H and O–H groups in total. The summed E-state index contributed by atoms with van der Waals surface area (Å²) in [5.41, 5.74) is 9.33. The van der Waals surface area contributed by atoms with Gasteiger partial charge in [0, 0.05) is 31.9 Å². The summed E-state index contributed by atoms with van der Waals surface area (Å²) in [6.07, 6.45) is 0. The van der Waals surface area contributed by atoms with E-state index in [2.05, 4.69) is 56.1 Å². The molecular weight excluding hydrogens is 880 g/mol. The molecule has 2 aliphatic heterocycles. The maximum atomic E-state index is 13.3. The molecule has 6 aromatic carbocycles. The first-order chi connectivity index (χ1) is 29.3. The van der Waals surface area contributed by atoms with Crippen molar-refractivity contribution in [3.8, 4) is 23.1 Å². The van der Waals surface area contributed by atoms with Crippen LogP contribution in [0.2, 0.25) is 0 Å². The first-order valence-corrected chi connectivity index (χ1v) is 21.2. The second-order valence-corrected chi connectivity index (χ2v) is 16.6. The molecular formula is C50H38Br2N4O4. The zero-order valence-corrected chi connectivity index (χ0v) is 35.8. The van der Waals surface area contributed by atoms with Crippen molar-refractivity contribution in [1.82, 2.24) is 19.6 Å². The number of aryl methyl sites for hydroxylation is 2. The lowest BCUT2D eigenvalue weighted by molar-refractivity contribution is -0.139. The molecule has 296 valence electrons. The number of nitrogens with zero attached hydrogens (tertiary/aromatic N) is 4. The maximum absolute atomic E-state index is 13.3.